The molecule has 1 atom stereocenters. The SMILES string of the molecule is CC1(C)CCSCC1(CN)NCC(C1CC1)C1CC1. The molecule has 3 rings (SSSR count). The second kappa shape index (κ2) is 5.23. The first-order valence-electron chi connectivity index (χ1n) is 8.11. The van der Waals surface area contributed by atoms with E-state index in [4.69, 9.17) is 5.73 Å². The molecule has 110 valence electrons. The van der Waals surface area contributed by atoms with Crippen LogP contribution < -0.4 is 11.1 Å². The van der Waals surface area contributed by atoms with Crippen molar-refractivity contribution < 1.29 is 0 Å². The molecule has 2 aliphatic carbocycles. The fourth-order valence-electron chi connectivity index (χ4n) is 3.79. The number of hydrogen-bond acceptors (Lipinski definition) is 3. The minimum absolute atomic E-state index is 0.165. The van der Waals surface area contributed by atoms with Crippen molar-refractivity contribution in [2.24, 2.45) is 28.9 Å². The molecule has 0 aromatic heterocycles. The van der Waals surface area contributed by atoms with Crippen LogP contribution in [0, 0.1) is 23.2 Å². The predicted molar refractivity (Wildman–Crippen MR) is 84.4 cm³/mol. The first-order valence-corrected chi connectivity index (χ1v) is 9.26. The third kappa shape index (κ3) is 2.84. The van der Waals surface area contributed by atoms with Crippen molar-refractivity contribution in [3.05, 3.63) is 0 Å². The first kappa shape index (κ1) is 14.2. The Bertz CT molecular complexity index is 311. The van der Waals surface area contributed by atoms with Gasteiger partial charge in [-0.3, -0.25) is 0 Å². The molecule has 0 aromatic rings. The van der Waals surface area contributed by atoms with Gasteiger partial charge in [-0.05, 0) is 67.6 Å². The second-order valence-corrected chi connectivity index (χ2v) is 8.80. The van der Waals surface area contributed by atoms with E-state index in [1.54, 1.807) is 0 Å². The van der Waals surface area contributed by atoms with Crippen LogP contribution in [0.2, 0.25) is 0 Å². The lowest BCUT2D eigenvalue weighted by Crippen LogP contribution is -2.65. The Kier molecular flexibility index (Phi) is 3.92. The van der Waals surface area contributed by atoms with E-state index in [1.807, 2.05) is 0 Å². The minimum atomic E-state index is 0.165. The fourth-order valence-corrected chi connectivity index (χ4v) is 5.54. The van der Waals surface area contributed by atoms with Crippen molar-refractivity contribution in [1.29, 1.82) is 0 Å². The quantitative estimate of drug-likeness (QED) is 0.787. The zero-order valence-corrected chi connectivity index (χ0v) is 13.4. The number of nitrogens with one attached hydrogen (secondary N) is 1. The summed E-state index contributed by atoms with van der Waals surface area (Å²) in [6.45, 7) is 6.83. The van der Waals surface area contributed by atoms with Crippen LogP contribution in [0.15, 0.2) is 0 Å². The second-order valence-electron chi connectivity index (χ2n) is 7.69. The van der Waals surface area contributed by atoms with Gasteiger partial charge in [0.1, 0.15) is 0 Å². The van der Waals surface area contributed by atoms with Gasteiger partial charge in [0.25, 0.3) is 0 Å². The molecule has 3 aliphatic rings. The molecule has 0 aromatic carbocycles. The van der Waals surface area contributed by atoms with Gasteiger partial charge < -0.3 is 11.1 Å². The molecule has 1 heterocycles. The van der Waals surface area contributed by atoms with Crippen LogP contribution in [-0.4, -0.2) is 30.1 Å². The van der Waals surface area contributed by atoms with Gasteiger partial charge >= 0.3 is 0 Å². The number of hydrogen-bond donors (Lipinski definition) is 2. The summed E-state index contributed by atoms with van der Waals surface area (Å²) in [5.41, 5.74) is 6.71. The van der Waals surface area contributed by atoms with Gasteiger partial charge in [-0.15, -0.1) is 0 Å². The lowest BCUT2D eigenvalue weighted by Gasteiger charge is -2.50. The van der Waals surface area contributed by atoms with E-state index in [1.165, 1.54) is 50.2 Å². The Balaban J connectivity index is 1.64. The average Bonchev–Trinajstić information content (AvgIpc) is 3.25. The Labute approximate surface area is 122 Å². The predicted octanol–water partition coefficient (Wildman–Crippen LogP) is 2.87. The Morgan fingerprint density at radius 3 is 2.32 bits per heavy atom. The molecule has 2 saturated carbocycles. The molecule has 3 heteroatoms. The monoisotopic (exact) mass is 282 g/mol. The topological polar surface area (TPSA) is 38.0 Å². The average molecular weight is 282 g/mol. The van der Waals surface area contributed by atoms with Crippen molar-refractivity contribution in [2.75, 3.05) is 24.6 Å². The highest BCUT2D eigenvalue weighted by molar-refractivity contribution is 7.99. The molecule has 3 fully saturated rings. The van der Waals surface area contributed by atoms with E-state index in [0.29, 0.717) is 5.41 Å². The van der Waals surface area contributed by atoms with Gasteiger partial charge in [-0.1, -0.05) is 13.8 Å². The Morgan fingerprint density at radius 1 is 1.21 bits per heavy atom. The van der Waals surface area contributed by atoms with Crippen LogP contribution in [0.1, 0.15) is 46.0 Å². The summed E-state index contributed by atoms with van der Waals surface area (Å²) in [6.07, 6.45) is 7.22. The van der Waals surface area contributed by atoms with E-state index in [-0.39, 0.29) is 5.54 Å². The minimum Gasteiger partial charge on any atom is -0.329 e. The number of rotatable bonds is 6. The molecule has 2 nitrogen and oxygen atoms in total. The summed E-state index contributed by atoms with van der Waals surface area (Å²) >= 11 is 2.09. The fraction of sp³-hybridized carbons (Fsp3) is 1.00. The molecular weight excluding hydrogens is 252 g/mol. The highest BCUT2D eigenvalue weighted by Crippen LogP contribution is 2.49. The number of nitrogens with two attached hydrogens (primary N) is 1. The van der Waals surface area contributed by atoms with Gasteiger partial charge in [-0.2, -0.15) is 11.8 Å². The lowest BCUT2D eigenvalue weighted by molar-refractivity contribution is 0.126. The van der Waals surface area contributed by atoms with E-state index >= 15 is 0 Å². The van der Waals surface area contributed by atoms with Gasteiger partial charge in [0.15, 0.2) is 0 Å². The molecule has 1 aliphatic heterocycles. The van der Waals surface area contributed by atoms with Gasteiger partial charge in [-0.25, -0.2) is 0 Å². The normalized spacial score (nSPS) is 34.7. The molecule has 3 N–H and O–H groups in total. The first-order chi connectivity index (χ1) is 9.08. The molecule has 19 heavy (non-hydrogen) atoms. The van der Waals surface area contributed by atoms with Crippen LogP contribution in [0.4, 0.5) is 0 Å². The van der Waals surface area contributed by atoms with Crippen LogP contribution in [0.5, 0.6) is 0 Å². The van der Waals surface area contributed by atoms with Crippen molar-refractivity contribution in [2.45, 2.75) is 51.5 Å². The third-order valence-corrected chi connectivity index (χ3v) is 7.18. The maximum absolute atomic E-state index is 6.21. The highest BCUT2D eigenvalue weighted by atomic mass is 32.2. The van der Waals surface area contributed by atoms with Crippen LogP contribution >= 0.6 is 11.8 Å². The zero-order valence-electron chi connectivity index (χ0n) is 12.6. The van der Waals surface area contributed by atoms with Crippen molar-refractivity contribution in [1.82, 2.24) is 5.32 Å². The van der Waals surface area contributed by atoms with Gasteiger partial charge in [0.2, 0.25) is 0 Å². The maximum Gasteiger partial charge on any atom is 0.0447 e. The van der Waals surface area contributed by atoms with Crippen molar-refractivity contribution in [3.8, 4) is 0 Å². The molecule has 1 saturated heterocycles. The molecular formula is C16H30N2S. The summed E-state index contributed by atoms with van der Waals surface area (Å²) in [7, 11) is 0. The molecule has 0 amide bonds. The standard InChI is InChI=1S/C16H30N2S/c1-15(2)7-8-19-11-16(15,10-17)18-9-14(12-3-4-12)13-5-6-13/h12-14,18H,3-11,17H2,1-2H3. The Hall–Kier alpha value is 0.270. The summed E-state index contributed by atoms with van der Waals surface area (Å²) in [6, 6.07) is 0. The third-order valence-electron chi connectivity index (χ3n) is 5.99. The van der Waals surface area contributed by atoms with Crippen molar-refractivity contribution >= 4 is 11.8 Å². The maximum atomic E-state index is 6.21. The highest BCUT2D eigenvalue weighted by Gasteiger charge is 2.48. The molecule has 0 spiro atoms. The summed E-state index contributed by atoms with van der Waals surface area (Å²) < 4.78 is 0. The van der Waals surface area contributed by atoms with Gasteiger partial charge in [0.05, 0.1) is 0 Å². The molecule has 0 bridgehead atoms. The van der Waals surface area contributed by atoms with E-state index in [2.05, 4.69) is 30.9 Å². The van der Waals surface area contributed by atoms with Crippen LogP contribution in [0.25, 0.3) is 0 Å². The zero-order chi connectivity index (χ0) is 13.5. The number of thioether (sulfide) groups is 1. The van der Waals surface area contributed by atoms with E-state index in [0.717, 1.165) is 24.3 Å². The lowest BCUT2D eigenvalue weighted by atomic mass is 9.70. The van der Waals surface area contributed by atoms with Crippen molar-refractivity contribution in [3.63, 3.8) is 0 Å². The Morgan fingerprint density at radius 2 is 1.84 bits per heavy atom. The smallest absolute Gasteiger partial charge is 0.0447 e. The summed E-state index contributed by atoms with van der Waals surface area (Å²) in [5, 5.41) is 3.97. The van der Waals surface area contributed by atoms with E-state index in [9.17, 15) is 0 Å². The van der Waals surface area contributed by atoms with Crippen LogP contribution in [-0.2, 0) is 0 Å². The van der Waals surface area contributed by atoms with E-state index < -0.39 is 0 Å². The summed E-state index contributed by atoms with van der Waals surface area (Å²) in [5.74, 6) is 5.51. The molecule has 0 radical (unpaired) electrons. The molecule has 1 unspecified atom stereocenters. The van der Waals surface area contributed by atoms with Gasteiger partial charge in [0, 0.05) is 17.8 Å². The summed E-state index contributed by atoms with van der Waals surface area (Å²) in [4.78, 5) is 0. The van der Waals surface area contributed by atoms with Crippen LogP contribution in [0.3, 0.4) is 0 Å². The largest absolute Gasteiger partial charge is 0.329 e.